The number of nitrogens with zero attached hydrogens (tertiary/aromatic N) is 1. The van der Waals surface area contributed by atoms with E-state index in [1.165, 1.54) is 0 Å². The number of hydrogen-bond donors (Lipinski definition) is 2. The van der Waals surface area contributed by atoms with E-state index in [4.69, 9.17) is 5.11 Å². The van der Waals surface area contributed by atoms with Crippen LogP contribution in [-0.2, 0) is 6.54 Å². The Morgan fingerprint density at radius 2 is 1.95 bits per heavy atom. The van der Waals surface area contributed by atoms with Gasteiger partial charge in [0.1, 0.15) is 10.7 Å². The molecule has 106 valence electrons. The second-order valence-electron chi connectivity index (χ2n) is 4.64. The molecule has 4 nitrogen and oxygen atoms in total. The number of carbonyl (C=O) groups is 1. The number of hydrogen-bond acceptors (Lipinski definition) is 4. The van der Waals surface area contributed by atoms with Crippen LogP contribution in [0.5, 0.6) is 0 Å². The predicted octanol–water partition coefficient (Wildman–Crippen LogP) is 3.52. The highest BCUT2D eigenvalue weighted by Crippen LogP contribution is 2.23. The van der Waals surface area contributed by atoms with Gasteiger partial charge in [0, 0.05) is 6.54 Å². The van der Waals surface area contributed by atoms with Gasteiger partial charge in [0.2, 0.25) is 0 Å². The van der Waals surface area contributed by atoms with Crippen molar-refractivity contribution in [1.29, 1.82) is 0 Å². The van der Waals surface area contributed by atoms with E-state index >= 15 is 0 Å². The number of anilines is 1. The number of aromatic nitrogens is 1. The van der Waals surface area contributed by atoms with Crippen molar-refractivity contribution in [2.24, 2.45) is 0 Å². The van der Waals surface area contributed by atoms with E-state index in [-0.39, 0.29) is 10.7 Å². The molecule has 0 amide bonds. The average Bonchev–Trinajstić information content (AvgIpc) is 2.75. The maximum Gasteiger partial charge on any atom is 0.347 e. The summed E-state index contributed by atoms with van der Waals surface area (Å²) in [6, 6.07) is 3.54. The normalized spacial score (nSPS) is 10.6. The number of thiazole rings is 1. The largest absolute Gasteiger partial charge is 0.477 e. The number of carboxylic acids is 1. The number of halogens is 1. The summed E-state index contributed by atoms with van der Waals surface area (Å²) in [5, 5.41) is 12.6. The van der Waals surface area contributed by atoms with Gasteiger partial charge >= 0.3 is 5.97 Å². The van der Waals surface area contributed by atoms with Gasteiger partial charge in [-0.1, -0.05) is 23.5 Å². The summed E-state index contributed by atoms with van der Waals surface area (Å²) in [4.78, 5) is 15.3. The van der Waals surface area contributed by atoms with Gasteiger partial charge in [-0.05, 0) is 37.5 Å². The van der Waals surface area contributed by atoms with Crippen LogP contribution in [0, 0.1) is 26.6 Å². The Bertz CT molecular complexity index is 644. The summed E-state index contributed by atoms with van der Waals surface area (Å²) in [5.41, 5.74) is 2.63. The summed E-state index contributed by atoms with van der Waals surface area (Å²) in [6.07, 6.45) is 0. The van der Waals surface area contributed by atoms with Crippen LogP contribution >= 0.6 is 11.3 Å². The first-order valence-electron chi connectivity index (χ1n) is 6.08. The highest BCUT2D eigenvalue weighted by Gasteiger charge is 2.13. The molecule has 2 N–H and O–H groups in total. The van der Waals surface area contributed by atoms with Gasteiger partial charge in [-0.2, -0.15) is 0 Å². The van der Waals surface area contributed by atoms with Crippen molar-refractivity contribution in [3.05, 3.63) is 45.2 Å². The Labute approximate surface area is 120 Å². The van der Waals surface area contributed by atoms with Crippen molar-refractivity contribution in [2.75, 3.05) is 5.32 Å². The number of aromatic carboxylic acids is 1. The molecule has 0 aliphatic carbocycles. The van der Waals surface area contributed by atoms with E-state index in [1.807, 2.05) is 0 Å². The second-order valence-corrected chi connectivity index (χ2v) is 5.63. The van der Waals surface area contributed by atoms with Crippen molar-refractivity contribution >= 4 is 22.4 Å². The van der Waals surface area contributed by atoms with Gasteiger partial charge in [0.25, 0.3) is 0 Å². The molecule has 20 heavy (non-hydrogen) atoms. The minimum atomic E-state index is -0.971. The quantitative estimate of drug-likeness (QED) is 0.905. The van der Waals surface area contributed by atoms with E-state index < -0.39 is 5.97 Å². The van der Waals surface area contributed by atoms with Gasteiger partial charge in [0.05, 0.1) is 5.69 Å². The molecule has 1 heterocycles. The van der Waals surface area contributed by atoms with E-state index in [0.29, 0.717) is 28.5 Å². The van der Waals surface area contributed by atoms with Crippen molar-refractivity contribution < 1.29 is 14.3 Å². The van der Waals surface area contributed by atoms with Crippen molar-refractivity contribution in [1.82, 2.24) is 4.98 Å². The SMILES string of the molecule is Cc1cc(CNc2nc(C)c(C(=O)O)s2)cc(C)c1F. The molecule has 0 bridgehead atoms. The Morgan fingerprint density at radius 1 is 1.35 bits per heavy atom. The van der Waals surface area contributed by atoms with Crippen LogP contribution in [0.2, 0.25) is 0 Å². The molecular formula is C14H15FN2O2S. The molecule has 0 radical (unpaired) electrons. The maximum absolute atomic E-state index is 13.5. The molecule has 0 fully saturated rings. The number of carboxylic acid groups (broad SMARTS) is 1. The Balaban J connectivity index is 2.13. The van der Waals surface area contributed by atoms with Crippen LogP contribution in [0.1, 0.15) is 32.1 Å². The van der Waals surface area contributed by atoms with E-state index in [0.717, 1.165) is 16.9 Å². The van der Waals surface area contributed by atoms with Crippen LogP contribution < -0.4 is 5.32 Å². The molecule has 1 aromatic carbocycles. The summed E-state index contributed by atoms with van der Waals surface area (Å²) >= 11 is 1.10. The van der Waals surface area contributed by atoms with Gasteiger partial charge < -0.3 is 10.4 Å². The van der Waals surface area contributed by atoms with Crippen molar-refractivity contribution in [3.8, 4) is 0 Å². The lowest BCUT2D eigenvalue weighted by Crippen LogP contribution is -2.01. The monoisotopic (exact) mass is 294 g/mol. The first kappa shape index (κ1) is 14.5. The van der Waals surface area contributed by atoms with Crippen LogP contribution in [-0.4, -0.2) is 16.1 Å². The molecule has 6 heteroatoms. The zero-order valence-corrected chi connectivity index (χ0v) is 12.3. The van der Waals surface area contributed by atoms with Gasteiger partial charge in [-0.25, -0.2) is 14.2 Å². The van der Waals surface area contributed by atoms with E-state index in [9.17, 15) is 9.18 Å². The zero-order chi connectivity index (χ0) is 14.9. The number of aryl methyl sites for hydroxylation is 3. The first-order valence-corrected chi connectivity index (χ1v) is 6.90. The second kappa shape index (κ2) is 5.58. The third-order valence-corrected chi connectivity index (χ3v) is 4.03. The zero-order valence-electron chi connectivity index (χ0n) is 11.5. The molecule has 0 aliphatic heterocycles. The summed E-state index contributed by atoms with van der Waals surface area (Å²) < 4.78 is 13.5. The smallest absolute Gasteiger partial charge is 0.347 e. The Hall–Kier alpha value is -1.95. The number of nitrogens with one attached hydrogen (secondary N) is 1. The summed E-state index contributed by atoms with van der Waals surface area (Å²) in [6.45, 7) is 5.59. The highest BCUT2D eigenvalue weighted by molar-refractivity contribution is 7.17. The molecule has 0 unspecified atom stereocenters. The molecule has 0 saturated heterocycles. The van der Waals surface area contributed by atoms with E-state index in [1.54, 1.807) is 32.9 Å². The lowest BCUT2D eigenvalue weighted by atomic mass is 10.1. The molecule has 0 atom stereocenters. The highest BCUT2D eigenvalue weighted by atomic mass is 32.1. The van der Waals surface area contributed by atoms with Crippen molar-refractivity contribution in [3.63, 3.8) is 0 Å². The fourth-order valence-electron chi connectivity index (χ4n) is 1.99. The first-order chi connectivity index (χ1) is 9.38. The molecule has 0 spiro atoms. The number of benzene rings is 1. The lowest BCUT2D eigenvalue weighted by molar-refractivity contribution is 0.0701. The lowest BCUT2D eigenvalue weighted by Gasteiger charge is -2.07. The third kappa shape index (κ3) is 2.96. The van der Waals surface area contributed by atoms with Gasteiger partial charge in [0.15, 0.2) is 5.13 Å². The maximum atomic E-state index is 13.5. The Morgan fingerprint density at radius 3 is 2.45 bits per heavy atom. The number of rotatable bonds is 4. The van der Waals surface area contributed by atoms with Crippen molar-refractivity contribution in [2.45, 2.75) is 27.3 Å². The fourth-order valence-corrected chi connectivity index (χ4v) is 2.79. The molecule has 2 rings (SSSR count). The Kier molecular flexibility index (Phi) is 4.04. The third-order valence-electron chi connectivity index (χ3n) is 2.93. The predicted molar refractivity (Wildman–Crippen MR) is 77.0 cm³/mol. The summed E-state index contributed by atoms with van der Waals surface area (Å²) in [7, 11) is 0. The minimum Gasteiger partial charge on any atom is -0.477 e. The fraction of sp³-hybridized carbons (Fsp3) is 0.286. The van der Waals surface area contributed by atoms with Crippen LogP contribution in [0.3, 0.4) is 0 Å². The van der Waals surface area contributed by atoms with Crippen LogP contribution in [0.25, 0.3) is 0 Å². The standard InChI is InChI=1S/C14H15FN2O2S/c1-7-4-10(5-8(2)11(7)15)6-16-14-17-9(3)12(20-14)13(18)19/h4-5H,6H2,1-3H3,(H,16,17)(H,18,19). The topological polar surface area (TPSA) is 62.2 Å². The van der Waals surface area contributed by atoms with Gasteiger partial charge in [-0.3, -0.25) is 0 Å². The average molecular weight is 294 g/mol. The summed E-state index contributed by atoms with van der Waals surface area (Å²) in [5.74, 6) is -1.16. The molecule has 0 aliphatic rings. The molecular weight excluding hydrogens is 279 g/mol. The molecule has 0 saturated carbocycles. The minimum absolute atomic E-state index is 0.188. The van der Waals surface area contributed by atoms with E-state index in [2.05, 4.69) is 10.3 Å². The van der Waals surface area contributed by atoms with Crippen LogP contribution in [0.4, 0.5) is 9.52 Å². The molecule has 1 aromatic heterocycles. The molecule has 2 aromatic rings. The van der Waals surface area contributed by atoms with Gasteiger partial charge in [-0.15, -0.1) is 0 Å². The van der Waals surface area contributed by atoms with Crippen LogP contribution in [0.15, 0.2) is 12.1 Å².